The molecule has 0 radical (unpaired) electrons. The molecule has 24 heteroatoms. The maximum Gasteiger partial charge on any atom is 0.466 e. The van der Waals surface area contributed by atoms with Crippen molar-refractivity contribution in [2.24, 2.45) is 0 Å². The van der Waals surface area contributed by atoms with Crippen LogP contribution in [0.15, 0.2) is 0 Å². The molecule has 0 fully saturated rings. The summed E-state index contributed by atoms with van der Waals surface area (Å²) in [5.41, 5.74) is 0. The number of hydrogen-bond acceptors (Lipinski definition) is 6. The lowest BCUT2D eigenvalue weighted by Gasteiger charge is -2.38. The fourth-order valence-corrected chi connectivity index (χ4v) is 8.10. The molecular weight excluding hydrogens is 561 g/mol. The first-order chi connectivity index (χ1) is 12.9. The van der Waals surface area contributed by atoms with E-state index in [1.54, 1.807) is 0 Å². The maximum atomic E-state index is 13.1. The van der Waals surface area contributed by atoms with E-state index < -0.39 is 67.7 Å². The Morgan fingerprint density at radius 3 is 0.581 bits per heavy atom. The van der Waals surface area contributed by atoms with E-state index in [-0.39, 0.29) is 0 Å². The highest BCUT2D eigenvalue weighted by molar-refractivity contribution is 8.29. The molecule has 0 atom stereocenters. The zero-order valence-electron chi connectivity index (χ0n) is 12.8. The molecule has 0 bridgehead atoms. The molecule has 0 aliphatic heterocycles. The van der Waals surface area contributed by atoms with Crippen LogP contribution in [0.5, 0.6) is 0 Å². The average molecular weight is 561 g/mol. The van der Waals surface area contributed by atoms with Gasteiger partial charge in [-0.25, -0.2) is 0 Å². The van der Waals surface area contributed by atoms with Gasteiger partial charge in [0.25, 0.3) is 0 Å². The standard InChI is InChI=1S/C7F15O6S3/c8-2(9,10)5(17,18)29(23,24)1(30(25,26)6(19,20)3(11,12)13)31(27,28)7(21,22)4(14,15)16/q-1. The van der Waals surface area contributed by atoms with Gasteiger partial charge in [-0.05, 0) is 0 Å². The molecule has 188 valence electrons. The van der Waals surface area contributed by atoms with E-state index >= 15 is 0 Å². The molecule has 0 aromatic rings. The summed E-state index contributed by atoms with van der Waals surface area (Å²) >= 11 is 0. The van der Waals surface area contributed by atoms with Gasteiger partial charge in [0.05, 0.1) is 3.91 Å². The Hall–Kier alpha value is -1.20. The Morgan fingerprint density at radius 1 is 0.355 bits per heavy atom. The predicted molar refractivity (Wildman–Crippen MR) is 63.0 cm³/mol. The molecular formula is C7F15O6S3-. The molecule has 0 amide bonds. The first-order valence-electron chi connectivity index (χ1n) is 5.81. The molecule has 0 heterocycles. The summed E-state index contributed by atoms with van der Waals surface area (Å²) in [6.07, 6.45) is -23.4. The van der Waals surface area contributed by atoms with Gasteiger partial charge in [0.1, 0.15) is 29.5 Å². The van der Waals surface area contributed by atoms with Gasteiger partial charge in [-0.15, -0.1) is 0 Å². The lowest BCUT2D eigenvalue weighted by atomic mass is 10.7. The van der Waals surface area contributed by atoms with E-state index in [9.17, 15) is 91.1 Å². The molecule has 0 rings (SSSR count). The van der Waals surface area contributed by atoms with Crippen LogP contribution >= 0.6 is 0 Å². The minimum Gasteiger partial charge on any atom is -0.254 e. The van der Waals surface area contributed by atoms with Gasteiger partial charge in [-0.3, -0.25) is 25.3 Å². The van der Waals surface area contributed by atoms with Crippen LogP contribution in [0, 0.1) is 3.91 Å². The van der Waals surface area contributed by atoms with Crippen LogP contribution in [0.2, 0.25) is 0 Å². The third kappa shape index (κ3) is 4.13. The molecule has 0 saturated heterocycles. The second kappa shape index (κ2) is 7.15. The van der Waals surface area contributed by atoms with Crippen LogP contribution in [0.1, 0.15) is 0 Å². The lowest BCUT2D eigenvalue weighted by molar-refractivity contribution is -0.242. The number of hydrogen-bond donors (Lipinski definition) is 0. The van der Waals surface area contributed by atoms with Crippen molar-refractivity contribution < 1.29 is 91.1 Å². The van der Waals surface area contributed by atoms with Crippen LogP contribution in [0.25, 0.3) is 0 Å². The van der Waals surface area contributed by atoms with Crippen LogP contribution < -0.4 is 0 Å². The van der Waals surface area contributed by atoms with Gasteiger partial charge in [-0.2, -0.15) is 65.9 Å². The predicted octanol–water partition coefficient (Wildman–Crippen LogP) is 3.14. The molecule has 0 aliphatic carbocycles. The highest BCUT2D eigenvalue weighted by Gasteiger charge is 2.77. The highest BCUT2D eigenvalue weighted by Crippen LogP contribution is 2.55. The van der Waals surface area contributed by atoms with E-state index in [1.807, 2.05) is 0 Å². The Balaban J connectivity index is 7.83. The molecule has 0 unspecified atom stereocenters. The summed E-state index contributed by atoms with van der Waals surface area (Å²) in [4.78, 5) is 0. The summed E-state index contributed by atoms with van der Waals surface area (Å²) in [6, 6.07) is 0. The van der Waals surface area contributed by atoms with Crippen molar-refractivity contribution in [2.45, 2.75) is 34.3 Å². The zero-order chi connectivity index (χ0) is 26.1. The Labute approximate surface area is 159 Å². The smallest absolute Gasteiger partial charge is 0.254 e. The maximum absolute atomic E-state index is 13.1. The number of sulfone groups is 3. The number of halogens is 15. The molecule has 0 aromatic heterocycles. The van der Waals surface area contributed by atoms with Crippen LogP contribution in [0.3, 0.4) is 0 Å². The molecule has 31 heavy (non-hydrogen) atoms. The van der Waals surface area contributed by atoms with Crippen molar-refractivity contribution in [3.05, 3.63) is 3.91 Å². The number of alkyl halides is 15. The van der Waals surface area contributed by atoms with Crippen molar-refractivity contribution in [2.75, 3.05) is 0 Å². The normalized spacial score (nSPS) is 16.6. The fraction of sp³-hybridized carbons (Fsp3) is 0.857. The fourth-order valence-electron chi connectivity index (χ4n) is 1.20. The van der Waals surface area contributed by atoms with E-state index in [4.69, 9.17) is 0 Å². The quantitative estimate of drug-likeness (QED) is 0.365. The highest BCUT2D eigenvalue weighted by atomic mass is 32.3. The van der Waals surface area contributed by atoms with E-state index in [2.05, 4.69) is 0 Å². The van der Waals surface area contributed by atoms with Crippen LogP contribution in [-0.4, -0.2) is 59.5 Å². The summed E-state index contributed by atoms with van der Waals surface area (Å²) < 4.78 is 249. The van der Waals surface area contributed by atoms with Gasteiger partial charge in [-0.1, -0.05) is 0 Å². The van der Waals surface area contributed by atoms with Crippen LogP contribution in [-0.2, 0) is 29.5 Å². The summed E-state index contributed by atoms with van der Waals surface area (Å²) in [6.45, 7) is 0. The lowest BCUT2D eigenvalue weighted by Crippen LogP contribution is -2.58. The van der Waals surface area contributed by atoms with E-state index in [1.165, 1.54) is 0 Å². The van der Waals surface area contributed by atoms with Crippen molar-refractivity contribution in [3.63, 3.8) is 0 Å². The molecule has 6 nitrogen and oxygen atoms in total. The van der Waals surface area contributed by atoms with E-state index in [0.29, 0.717) is 0 Å². The second-order valence-electron chi connectivity index (χ2n) is 4.80. The van der Waals surface area contributed by atoms with Crippen molar-refractivity contribution in [3.8, 4) is 0 Å². The Kier molecular flexibility index (Phi) is 6.87. The minimum atomic E-state index is -9.24. The molecule has 0 spiro atoms. The van der Waals surface area contributed by atoms with Crippen molar-refractivity contribution in [1.82, 2.24) is 0 Å². The number of rotatable bonds is 6. The van der Waals surface area contributed by atoms with Crippen LogP contribution in [0.4, 0.5) is 65.9 Å². The van der Waals surface area contributed by atoms with Gasteiger partial charge in [0.15, 0.2) is 0 Å². The van der Waals surface area contributed by atoms with Crippen molar-refractivity contribution in [1.29, 1.82) is 0 Å². The Bertz CT molecular complexity index is 877. The largest absolute Gasteiger partial charge is 0.466 e. The Morgan fingerprint density at radius 2 is 0.484 bits per heavy atom. The summed E-state index contributed by atoms with van der Waals surface area (Å²) in [5.74, 6) is 0. The average Bonchev–Trinajstić information content (AvgIpc) is 2.41. The summed E-state index contributed by atoms with van der Waals surface area (Å²) in [5, 5.41) is -24.2. The summed E-state index contributed by atoms with van der Waals surface area (Å²) in [7, 11) is -27.7. The van der Waals surface area contributed by atoms with Gasteiger partial charge >= 0.3 is 34.3 Å². The third-order valence-corrected chi connectivity index (χ3v) is 10.6. The monoisotopic (exact) mass is 561 g/mol. The van der Waals surface area contributed by atoms with Gasteiger partial charge < -0.3 is 0 Å². The topological polar surface area (TPSA) is 102 Å². The van der Waals surface area contributed by atoms with Gasteiger partial charge in [0, 0.05) is 0 Å². The molecule has 0 aromatic carbocycles. The van der Waals surface area contributed by atoms with Gasteiger partial charge in [0.2, 0.25) is 0 Å². The SMILES string of the molecule is O=S(=O)([C-](S(=O)(=O)C(F)(F)C(F)(F)F)S(=O)(=O)C(F)(F)C(F)(F)F)C(F)(F)C(F)(F)F. The zero-order valence-corrected chi connectivity index (χ0v) is 15.3. The van der Waals surface area contributed by atoms with E-state index in [0.717, 1.165) is 0 Å². The second-order valence-corrected chi connectivity index (χ2v) is 11.4. The first-order valence-corrected chi connectivity index (χ1v) is 10.3. The first kappa shape index (κ1) is 29.8. The minimum absolute atomic E-state index is 5.76. The van der Waals surface area contributed by atoms with Crippen molar-refractivity contribution >= 4 is 29.5 Å². The molecule has 0 N–H and O–H groups in total. The third-order valence-electron chi connectivity index (χ3n) is 2.66. The molecule has 0 saturated carbocycles. The molecule has 0 aliphatic rings.